The number of benzene rings is 2. The summed E-state index contributed by atoms with van der Waals surface area (Å²) in [6.07, 6.45) is 5.92. The van der Waals surface area contributed by atoms with E-state index in [1.807, 2.05) is 44.2 Å². The first-order chi connectivity index (χ1) is 13.0. The molecule has 0 aliphatic heterocycles. The molecule has 1 heterocycles. The van der Waals surface area contributed by atoms with Gasteiger partial charge in [-0.15, -0.1) is 19.7 Å². The van der Waals surface area contributed by atoms with E-state index in [1.165, 1.54) is 10.9 Å². The Labute approximate surface area is 162 Å². The van der Waals surface area contributed by atoms with E-state index in [0.29, 0.717) is 5.46 Å². The van der Waals surface area contributed by atoms with Crippen LogP contribution in [0.2, 0.25) is 0 Å². The van der Waals surface area contributed by atoms with Crippen molar-refractivity contribution in [2.75, 3.05) is 0 Å². The third-order valence-electron chi connectivity index (χ3n) is 3.94. The zero-order chi connectivity index (χ0) is 20.4. The zero-order valence-electron chi connectivity index (χ0n) is 16.4. The highest BCUT2D eigenvalue weighted by molar-refractivity contribution is 6.58. The first-order valence-electron chi connectivity index (χ1n) is 8.81. The Balaban J connectivity index is 0.000000665. The minimum atomic E-state index is -1.44. The van der Waals surface area contributed by atoms with Gasteiger partial charge in [-0.3, -0.25) is 0 Å². The van der Waals surface area contributed by atoms with Gasteiger partial charge >= 0.3 is 7.12 Å². The first-order valence-corrected chi connectivity index (χ1v) is 8.81. The van der Waals surface area contributed by atoms with E-state index in [-0.39, 0.29) is 0 Å². The average molecular weight is 361 g/mol. The number of para-hydroxylation sites is 1. The van der Waals surface area contributed by atoms with Gasteiger partial charge in [0.1, 0.15) is 0 Å². The number of rotatable bonds is 3. The number of hydrogen-bond acceptors (Lipinski definition) is 2. The van der Waals surface area contributed by atoms with Gasteiger partial charge in [0.2, 0.25) is 0 Å². The molecule has 0 saturated heterocycles. The molecular formula is C23H28BNO2. The summed E-state index contributed by atoms with van der Waals surface area (Å²) < 4.78 is 2.19. The summed E-state index contributed by atoms with van der Waals surface area (Å²) in [5, 5.41) is 19.7. The molecule has 0 aliphatic rings. The summed E-state index contributed by atoms with van der Waals surface area (Å²) in [4.78, 5) is 0. The van der Waals surface area contributed by atoms with Gasteiger partial charge in [0.05, 0.1) is 5.52 Å². The van der Waals surface area contributed by atoms with E-state index in [2.05, 4.69) is 49.4 Å². The van der Waals surface area contributed by atoms with Crippen LogP contribution in [0.5, 0.6) is 0 Å². The van der Waals surface area contributed by atoms with Crippen molar-refractivity contribution in [1.82, 2.24) is 4.57 Å². The van der Waals surface area contributed by atoms with Crippen LogP contribution < -0.4 is 5.46 Å². The van der Waals surface area contributed by atoms with E-state index in [0.717, 1.165) is 16.9 Å². The Morgan fingerprint density at radius 3 is 2.04 bits per heavy atom. The molecule has 0 atom stereocenters. The molecule has 1 aromatic heterocycles. The lowest BCUT2D eigenvalue weighted by Crippen LogP contribution is -2.29. The van der Waals surface area contributed by atoms with Crippen molar-refractivity contribution >= 4 is 29.6 Å². The van der Waals surface area contributed by atoms with Gasteiger partial charge in [-0.2, -0.15) is 0 Å². The summed E-state index contributed by atoms with van der Waals surface area (Å²) in [5.74, 6) is 0. The van der Waals surface area contributed by atoms with Crippen LogP contribution in [0.15, 0.2) is 80.4 Å². The maximum Gasteiger partial charge on any atom is 0.488 e. The highest BCUT2D eigenvalue weighted by atomic mass is 16.4. The fourth-order valence-electron chi connectivity index (χ4n) is 2.90. The second-order valence-electron chi connectivity index (χ2n) is 5.73. The lowest BCUT2D eigenvalue weighted by Gasteiger charge is -2.09. The molecule has 0 spiro atoms. The summed E-state index contributed by atoms with van der Waals surface area (Å²) in [7, 11) is -1.44. The number of hydrogen-bond donors (Lipinski definition) is 2. The van der Waals surface area contributed by atoms with Crippen molar-refractivity contribution in [2.45, 2.75) is 20.8 Å². The monoisotopic (exact) mass is 361 g/mol. The zero-order valence-corrected chi connectivity index (χ0v) is 16.4. The number of allylic oxidation sites excluding steroid dienone is 2. The third-order valence-corrected chi connectivity index (χ3v) is 3.94. The van der Waals surface area contributed by atoms with Crippen LogP contribution in [0, 0.1) is 6.92 Å². The molecule has 3 aromatic rings. The summed E-state index contributed by atoms with van der Waals surface area (Å²) >= 11 is 0. The highest BCUT2D eigenvalue weighted by Gasteiger charge is 2.14. The molecule has 2 aromatic carbocycles. The Morgan fingerprint density at radius 1 is 0.963 bits per heavy atom. The number of fused-ring (bicyclic) bond motifs is 1. The second-order valence-corrected chi connectivity index (χ2v) is 5.73. The summed E-state index contributed by atoms with van der Waals surface area (Å²) in [5.41, 5.74) is 5.02. The largest absolute Gasteiger partial charge is 0.488 e. The van der Waals surface area contributed by atoms with Crippen molar-refractivity contribution in [3.8, 4) is 5.69 Å². The Morgan fingerprint density at radius 2 is 1.52 bits per heavy atom. The molecule has 27 heavy (non-hydrogen) atoms. The van der Waals surface area contributed by atoms with Gasteiger partial charge in [-0.25, -0.2) is 0 Å². The molecule has 0 saturated carbocycles. The predicted octanol–water partition coefficient (Wildman–Crippen LogP) is 4.65. The molecule has 0 radical (unpaired) electrons. The predicted molar refractivity (Wildman–Crippen MR) is 120 cm³/mol. The van der Waals surface area contributed by atoms with E-state index in [9.17, 15) is 10.0 Å². The van der Waals surface area contributed by atoms with Crippen molar-refractivity contribution in [3.05, 3.63) is 91.7 Å². The molecule has 3 rings (SSSR count). The molecule has 0 bridgehead atoms. The summed E-state index contributed by atoms with van der Waals surface area (Å²) in [6, 6.07) is 15.6. The SMILES string of the molecule is C/C=C\c1c(C)n(-c2ccc(B(O)O)cc2)c2ccccc12.C=C.C=CC. The maximum atomic E-state index is 9.23. The minimum Gasteiger partial charge on any atom is -0.423 e. The average Bonchev–Trinajstić information content (AvgIpc) is 2.96. The molecule has 0 aliphatic carbocycles. The van der Waals surface area contributed by atoms with Crippen molar-refractivity contribution in [3.63, 3.8) is 0 Å². The number of aromatic nitrogens is 1. The van der Waals surface area contributed by atoms with E-state index in [4.69, 9.17) is 0 Å². The Bertz CT molecular complexity index is 893. The second kappa shape index (κ2) is 11.0. The van der Waals surface area contributed by atoms with E-state index in [1.54, 1.807) is 18.2 Å². The maximum absolute atomic E-state index is 9.23. The smallest absolute Gasteiger partial charge is 0.423 e. The number of nitrogens with zero attached hydrogens (tertiary/aromatic N) is 1. The third kappa shape index (κ3) is 5.10. The van der Waals surface area contributed by atoms with Gasteiger partial charge in [0.25, 0.3) is 0 Å². The molecule has 0 amide bonds. The molecule has 140 valence electrons. The van der Waals surface area contributed by atoms with Crippen molar-refractivity contribution in [2.24, 2.45) is 0 Å². The van der Waals surface area contributed by atoms with Crippen LogP contribution in [0.1, 0.15) is 25.1 Å². The van der Waals surface area contributed by atoms with Crippen LogP contribution in [-0.4, -0.2) is 21.7 Å². The van der Waals surface area contributed by atoms with Gasteiger partial charge in [-0.1, -0.05) is 48.6 Å². The van der Waals surface area contributed by atoms with Crippen LogP contribution in [0.4, 0.5) is 0 Å². The fraction of sp³-hybridized carbons (Fsp3) is 0.130. The van der Waals surface area contributed by atoms with Crippen LogP contribution >= 0.6 is 0 Å². The van der Waals surface area contributed by atoms with Crippen LogP contribution in [0.3, 0.4) is 0 Å². The Hall–Kier alpha value is -2.82. The standard InChI is InChI=1S/C18H18BNO2.C3H6.C2H4/c1-3-6-16-13(2)20(18-8-5-4-7-17(16)18)15-11-9-14(10-12-15)19(21)22;1-3-2;1-2/h3-12,21-22H,1-2H3;3H,1H2,2H3;1-2H2/b6-3-;;. The van der Waals surface area contributed by atoms with E-state index >= 15 is 0 Å². The molecule has 4 heteroatoms. The molecule has 3 nitrogen and oxygen atoms in total. The molecule has 0 fully saturated rings. The minimum absolute atomic E-state index is 0.492. The van der Waals surface area contributed by atoms with E-state index < -0.39 is 7.12 Å². The van der Waals surface area contributed by atoms with Gasteiger partial charge in [0.15, 0.2) is 0 Å². The van der Waals surface area contributed by atoms with Crippen molar-refractivity contribution < 1.29 is 10.0 Å². The first kappa shape index (κ1) is 22.2. The van der Waals surface area contributed by atoms with Crippen LogP contribution in [0.25, 0.3) is 22.7 Å². The van der Waals surface area contributed by atoms with Crippen molar-refractivity contribution in [1.29, 1.82) is 0 Å². The fourth-order valence-corrected chi connectivity index (χ4v) is 2.90. The topological polar surface area (TPSA) is 45.4 Å². The Kier molecular flexibility index (Phi) is 9.07. The van der Waals surface area contributed by atoms with Gasteiger partial charge in [0, 0.05) is 22.3 Å². The highest BCUT2D eigenvalue weighted by Crippen LogP contribution is 2.29. The molecule has 2 N–H and O–H groups in total. The lowest BCUT2D eigenvalue weighted by molar-refractivity contribution is 0.426. The lowest BCUT2D eigenvalue weighted by atomic mass is 9.80. The van der Waals surface area contributed by atoms with Gasteiger partial charge < -0.3 is 14.6 Å². The summed E-state index contributed by atoms with van der Waals surface area (Å²) in [6.45, 7) is 15.4. The van der Waals surface area contributed by atoms with Gasteiger partial charge in [-0.05, 0) is 44.4 Å². The normalized spacial score (nSPS) is 9.96. The molecule has 0 unspecified atom stereocenters. The van der Waals surface area contributed by atoms with Crippen LogP contribution in [-0.2, 0) is 0 Å². The molecular weight excluding hydrogens is 333 g/mol. The quantitative estimate of drug-likeness (QED) is 0.527.